The number of pyridine rings is 1. The molecule has 4 heterocycles. The predicted octanol–water partition coefficient (Wildman–Crippen LogP) is 6.26. The van der Waals surface area contributed by atoms with Gasteiger partial charge in [0.25, 0.3) is 12.3 Å². The third-order valence-electron chi connectivity index (χ3n) is 9.45. The molecule has 53 heavy (non-hydrogen) atoms. The molecule has 1 unspecified atom stereocenters. The monoisotopic (exact) mass is 777 g/mol. The van der Waals surface area contributed by atoms with Gasteiger partial charge in [-0.2, -0.15) is 24.1 Å². The number of alkyl halides is 4. The molecule has 2 aliphatic rings. The minimum atomic E-state index is -3.80. The van der Waals surface area contributed by atoms with Crippen LogP contribution in [0.15, 0.2) is 42.6 Å². The lowest BCUT2D eigenvalue weighted by atomic mass is 9.93. The van der Waals surface area contributed by atoms with Gasteiger partial charge >= 0.3 is 0 Å². The van der Waals surface area contributed by atoms with Crippen LogP contribution in [0.5, 0.6) is 0 Å². The van der Waals surface area contributed by atoms with Gasteiger partial charge in [0.15, 0.2) is 5.82 Å². The summed E-state index contributed by atoms with van der Waals surface area (Å²) in [5.41, 5.74) is 0.200. The summed E-state index contributed by atoms with van der Waals surface area (Å²) >= 11 is 6.56. The highest BCUT2D eigenvalue weighted by atomic mass is 35.5. The molecule has 8 rings (SSSR count). The van der Waals surface area contributed by atoms with Gasteiger partial charge in [0.1, 0.15) is 35.1 Å². The Kier molecular flexibility index (Phi) is 8.02. The van der Waals surface area contributed by atoms with Crippen LogP contribution in [-0.4, -0.2) is 55.3 Å². The van der Waals surface area contributed by atoms with E-state index in [2.05, 4.69) is 30.4 Å². The van der Waals surface area contributed by atoms with Crippen molar-refractivity contribution in [3.63, 3.8) is 0 Å². The molecule has 1 amide bonds. The number of carbonyl (C=O) groups excluding carboxylic acids is 1. The number of H-pyrrole nitrogens is 1. The van der Waals surface area contributed by atoms with Crippen molar-refractivity contribution >= 4 is 55.3 Å². The van der Waals surface area contributed by atoms with Crippen LogP contribution in [0.4, 0.5) is 32.2 Å². The van der Waals surface area contributed by atoms with E-state index in [0.717, 1.165) is 18.4 Å². The summed E-state index contributed by atoms with van der Waals surface area (Å²) in [4.78, 5) is 18.6. The van der Waals surface area contributed by atoms with Gasteiger partial charge in [-0.25, -0.2) is 31.0 Å². The van der Waals surface area contributed by atoms with E-state index in [1.807, 2.05) is 0 Å². The molecule has 4 aromatic heterocycles. The molecule has 2 aliphatic carbocycles. The number of rotatable bonds is 10. The first kappa shape index (κ1) is 34.9. The Bertz CT molecular complexity index is 2590. The Hall–Kier alpha value is -5.17. The average molecular weight is 778 g/mol. The van der Waals surface area contributed by atoms with Gasteiger partial charge in [-0.05, 0) is 48.6 Å². The fraction of sp³-hybridized carbons (Fsp3) is 0.303. The fourth-order valence-corrected chi connectivity index (χ4v) is 8.09. The third kappa shape index (κ3) is 6.04. The highest BCUT2D eigenvalue weighted by Crippen LogP contribution is 2.68. The Morgan fingerprint density at radius 3 is 2.53 bits per heavy atom. The third-order valence-corrected chi connectivity index (χ3v) is 10.3. The molecule has 276 valence electrons. The number of nitrogens with zero attached hydrogens (tertiary/aromatic N) is 6. The number of aryl methyl sites for hydroxylation is 1. The molecule has 0 bridgehead atoms. The molecule has 2 aromatic carbocycles. The average Bonchev–Trinajstić information content (AvgIpc) is 3.28. The second kappa shape index (κ2) is 12.2. The number of amides is 1. The van der Waals surface area contributed by atoms with E-state index in [-0.39, 0.29) is 45.9 Å². The summed E-state index contributed by atoms with van der Waals surface area (Å²) in [7, 11) is -2.26. The van der Waals surface area contributed by atoms with E-state index in [1.54, 1.807) is 19.2 Å². The van der Waals surface area contributed by atoms with Crippen LogP contribution in [0.3, 0.4) is 0 Å². The minimum Gasteiger partial charge on any atom is -0.346 e. The second-order valence-corrected chi connectivity index (χ2v) is 15.3. The molecular formula is C33H26ClF6N9O3S. The van der Waals surface area contributed by atoms with Crippen molar-refractivity contribution in [3.8, 4) is 11.1 Å². The van der Waals surface area contributed by atoms with Gasteiger partial charge in [-0.15, -0.1) is 0 Å². The maximum absolute atomic E-state index is 15.3. The number of hydrogen-bond acceptors (Lipinski definition) is 7. The van der Waals surface area contributed by atoms with E-state index >= 15 is 8.78 Å². The van der Waals surface area contributed by atoms with E-state index in [1.165, 1.54) is 16.9 Å². The fourth-order valence-electron chi connectivity index (χ4n) is 7.35. The largest absolute Gasteiger partial charge is 0.346 e. The number of fused-ring (bicyclic) bond motifs is 5. The SMILES string of the molecule is Cn1nc(NS(C)(=O)=O)c2c(Cl)ccc(-c3cc4[nH]ncc4nc3C(Cc3cc(F)cc(F)c3)NC(=O)Cn3nc(C(F)F)c4c3C(F)(F)[C@@H]3C[C@H]43)c21. The molecule has 0 spiro atoms. The minimum absolute atomic E-state index is 0.0370. The van der Waals surface area contributed by atoms with Crippen molar-refractivity contribution in [2.45, 2.75) is 43.7 Å². The Morgan fingerprint density at radius 1 is 1.09 bits per heavy atom. The Labute approximate surface area is 300 Å². The Morgan fingerprint density at radius 2 is 1.83 bits per heavy atom. The first-order chi connectivity index (χ1) is 25.0. The molecule has 6 aromatic rings. The van der Waals surface area contributed by atoms with Crippen LogP contribution in [0.1, 0.15) is 53.0 Å². The van der Waals surface area contributed by atoms with Gasteiger partial charge in [-0.1, -0.05) is 17.7 Å². The van der Waals surface area contributed by atoms with E-state index in [0.29, 0.717) is 38.4 Å². The summed E-state index contributed by atoms with van der Waals surface area (Å²) in [6, 6.07) is 6.25. The van der Waals surface area contributed by atoms with Crippen LogP contribution in [0.25, 0.3) is 33.1 Å². The number of benzene rings is 2. The normalized spacial score (nSPS) is 18.1. The lowest BCUT2D eigenvalue weighted by Crippen LogP contribution is -2.35. The molecule has 12 nitrogen and oxygen atoms in total. The summed E-state index contributed by atoms with van der Waals surface area (Å²) in [5.74, 6) is -8.22. The number of nitrogens with one attached hydrogen (secondary N) is 3. The summed E-state index contributed by atoms with van der Waals surface area (Å²) < 4.78 is 116. The summed E-state index contributed by atoms with van der Waals surface area (Å²) in [6.07, 6.45) is -1.06. The highest BCUT2D eigenvalue weighted by molar-refractivity contribution is 7.92. The van der Waals surface area contributed by atoms with Crippen molar-refractivity contribution in [2.75, 3.05) is 11.0 Å². The van der Waals surface area contributed by atoms with Crippen LogP contribution in [-0.2, 0) is 40.8 Å². The lowest BCUT2D eigenvalue weighted by Gasteiger charge is -2.23. The quantitative estimate of drug-likeness (QED) is 0.139. The number of sulfonamides is 1. The van der Waals surface area contributed by atoms with Crippen LogP contribution >= 0.6 is 11.6 Å². The molecule has 3 atom stereocenters. The molecule has 1 saturated carbocycles. The van der Waals surface area contributed by atoms with Crippen LogP contribution < -0.4 is 10.0 Å². The highest BCUT2D eigenvalue weighted by Gasteiger charge is 2.67. The van der Waals surface area contributed by atoms with E-state index < -0.39 is 75.7 Å². The zero-order chi connectivity index (χ0) is 37.7. The van der Waals surface area contributed by atoms with Crippen molar-refractivity contribution < 1.29 is 39.6 Å². The molecular weight excluding hydrogens is 752 g/mol. The number of anilines is 1. The van der Waals surface area contributed by atoms with Gasteiger partial charge in [-0.3, -0.25) is 24.0 Å². The van der Waals surface area contributed by atoms with Gasteiger partial charge < -0.3 is 5.32 Å². The number of aromatic nitrogens is 7. The molecule has 1 fully saturated rings. The zero-order valence-corrected chi connectivity index (χ0v) is 29.0. The maximum Gasteiger partial charge on any atom is 0.293 e. The second-order valence-electron chi connectivity index (χ2n) is 13.2. The predicted molar refractivity (Wildman–Crippen MR) is 180 cm³/mol. The summed E-state index contributed by atoms with van der Waals surface area (Å²) in [6.45, 7) is -0.880. The molecule has 0 radical (unpaired) electrons. The van der Waals surface area contributed by atoms with Gasteiger partial charge in [0, 0.05) is 35.7 Å². The maximum atomic E-state index is 15.3. The first-order valence-corrected chi connectivity index (χ1v) is 18.3. The first-order valence-electron chi connectivity index (χ1n) is 16.0. The van der Waals surface area contributed by atoms with Crippen LogP contribution in [0, 0.1) is 17.6 Å². The zero-order valence-electron chi connectivity index (χ0n) is 27.4. The Balaban J connectivity index is 1.26. The van der Waals surface area contributed by atoms with E-state index in [9.17, 15) is 30.8 Å². The smallest absolute Gasteiger partial charge is 0.293 e. The molecule has 3 N–H and O–H groups in total. The van der Waals surface area contributed by atoms with Gasteiger partial charge in [0.05, 0.1) is 45.6 Å². The lowest BCUT2D eigenvalue weighted by molar-refractivity contribution is -0.123. The van der Waals surface area contributed by atoms with Crippen LogP contribution in [0.2, 0.25) is 5.02 Å². The molecule has 20 heteroatoms. The topological polar surface area (TPSA) is 152 Å². The van der Waals surface area contributed by atoms with Gasteiger partial charge in [0.2, 0.25) is 15.9 Å². The van der Waals surface area contributed by atoms with Crippen molar-refractivity contribution in [1.29, 1.82) is 0 Å². The molecule has 0 saturated heterocycles. The van der Waals surface area contributed by atoms with Crippen molar-refractivity contribution in [2.24, 2.45) is 13.0 Å². The number of aromatic amines is 1. The summed E-state index contributed by atoms with van der Waals surface area (Å²) in [5, 5.41) is 18.0. The number of hydrogen-bond donors (Lipinski definition) is 3. The standard InChI is InChI=1S/C33H26ClF6N9O3S/c1-48-29-16(3-4-20(34)26(29)32(46-48)47-53(2,51)52)17-10-21-23(11-41-44-21)43-27(17)22(7-13-5-14(35)8-15(36)6-13)42-24(50)12-49-30-25(28(45-49)31(37)38)18-9-19(18)33(30,39)40/h3-6,8,10-11,18-19,22,31H,7,9,12H2,1-2H3,(H,41,44)(H,42,50)(H,46,47)/t18-,19+,22?/m0/s1. The van der Waals surface area contributed by atoms with Crippen molar-refractivity contribution in [3.05, 3.63) is 87.5 Å². The van der Waals surface area contributed by atoms with E-state index in [4.69, 9.17) is 16.6 Å². The van der Waals surface area contributed by atoms with Crippen molar-refractivity contribution in [1.82, 2.24) is 40.1 Å². The molecule has 0 aliphatic heterocycles. The number of carbonyl (C=O) groups is 1. The number of halogens is 7.